The lowest BCUT2D eigenvalue weighted by atomic mass is 10.1. The molecule has 5 heteroatoms. The van der Waals surface area contributed by atoms with Crippen LogP contribution in [-0.4, -0.2) is 15.0 Å². The number of aromatic nitrogens is 3. The van der Waals surface area contributed by atoms with Gasteiger partial charge in [-0.3, -0.25) is 0 Å². The van der Waals surface area contributed by atoms with Gasteiger partial charge in [-0.15, -0.1) is 5.10 Å². The topological polar surface area (TPSA) is 39.9 Å². The first-order valence-electron chi connectivity index (χ1n) is 8.22. The Morgan fingerprint density at radius 1 is 0.923 bits per heavy atom. The van der Waals surface area contributed by atoms with Gasteiger partial charge < -0.3 is 4.74 Å². The summed E-state index contributed by atoms with van der Waals surface area (Å²) < 4.78 is 8.91. The van der Waals surface area contributed by atoms with Gasteiger partial charge in [0, 0.05) is 5.56 Å². The van der Waals surface area contributed by atoms with Crippen LogP contribution in [0.25, 0.3) is 16.9 Å². The highest BCUT2D eigenvalue weighted by Crippen LogP contribution is 2.33. The maximum absolute atomic E-state index is 6.13. The van der Waals surface area contributed by atoms with Crippen molar-refractivity contribution in [2.24, 2.45) is 0 Å². The molecule has 0 fully saturated rings. The molecule has 4 rings (SSSR count). The molecular formula is C21H16IN3O. The van der Waals surface area contributed by atoms with Gasteiger partial charge in [0.2, 0.25) is 0 Å². The summed E-state index contributed by atoms with van der Waals surface area (Å²) in [4.78, 5) is 0. The fourth-order valence-corrected chi connectivity index (χ4v) is 3.30. The number of nitrogens with zero attached hydrogens (tertiary/aromatic N) is 3. The minimum Gasteiger partial charge on any atom is -0.454 e. The molecule has 0 saturated heterocycles. The minimum atomic E-state index is 0.764. The third-order valence-electron chi connectivity index (χ3n) is 3.96. The second kappa shape index (κ2) is 7.29. The number of para-hydroxylation sites is 2. The first-order valence-corrected chi connectivity index (χ1v) is 9.30. The van der Waals surface area contributed by atoms with Gasteiger partial charge in [-0.05, 0) is 59.8 Å². The Hall–Kier alpha value is -2.67. The van der Waals surface area contributed by atoms with Crippen LogP contribution in [0.2, 0.25) is 0 Å². The smallest absolute Gasteiger partial charge is 0.166 e. The first-order chi connectivity index (χ1) is 12.7. The summed E-state index contributed by atoms with van der Waals surface area (Å²) in [5, 5.41) is 8.66. The van der Waals surface area contributed by atoms with Gasteiger partial charge in [0.05, 0.1) is 9.77 Å². The van der Waals surface area contributed by atoms with Crippen LogP contribution >= 0.6 is 22.6 Å². The predicted molar refractivity (Wildman–Crippen MR) is 111 cm³/mol. The molecule has 0 N–H and O–H groups in total. The SMILES string of the molecule is Cc1cccc(-c2cn(-c3cccc(I)c3Oc3ccccc3)nn2)c1. The lowest BCUT2D eigenvalue weighted by molar-refractivity contribution is 0.474. The maximum Gasteiger partial charge on any atom is 0.166 e. The molecule has 4 nitrogen and oxygen atoms in total. The summed E-state index contributed by atoms with van der Waals surface area (Å²) >= 11 is 2.28. The van der Waals surface area contributed by atoms with Crippen molar-refractivity contribution in [3.05, 3.63) is 88.1 Å². The third-order valence-corrected chi connectivity index (χ3v) is 4.81. The summed E-state index contributed by atoms with van der Waals surface area (Å²) in [7, 11) is 0. The highest BCUT2D eigenvalue weighted by Gasteiger charge is 2.14. The standard InChI is InChI=1S/C21H16IN3O/c1-15-7-5-8-16(13-15)19-14-25(24-23-19)20-12-6-11-18(22)21(20)26-17-9-3-2-4-10-17/h2-14H,1H3. The van der Waals surface area contributed by atoms with E-state index in [4.69, 9.17) is 4.74 Å². The molecule has 26 heavy (non-hydrogen) atoms. The Morgan fingerprint density at radius 3 is 2.54 bits per heavy atom. The highest BCUT2D eigenvalue weighted by atomic mass is 127. The van der Waals surface area contributed by atoms with E-state index in [1.54, 1.807) is 4.68 Å². The number of hydrogen-bond donors (Lipinski definition) is 0. The summed E-state index contributed by atoms with van der Waals surface area (Å²) in [5.74, 6) is 1.55. The maximum atomic E-state index is 6.13. The van der Waals surface area contributed by atoms with Gasteiger partial charge >= 0.3 is 0 Å². The molecule has 4 aromatic rings. The second-order valence-corrected chi connectivity index (χ2v) is 7.08. The summed E-state index contributed by atoms with van der Waals surface area (Å²) in [5.41, 5.74) is 3.93. The molecule has 0 bridgehead atoms. The molecule has 0 spiro atoms. The van der Waals surface area contributed by atoms with E-state index in [9.17, 15) is 0 Å². The zero-order chi connectivity index (χ0) is 17.9. The summed E-state index contributed by atoms with van der Waals surface area (Å²) in [6.45, 7) is 2.07. The average molecular weight is 453 g/mol. The van der Waals surface area contributed by atoms with E-state index in [2.05, 4.69) is 52.0 Å². The highest BCUT2D eigenvalue weighted by molar-refractivity contribution is 14.1. The molecule has 0 unspecified atom stereocenters. The van der Waals surface area contributed by atoms with Crippen molar-refractivity contribution in [2.75, 3.05) is 0 Å². The first kappa shape index (κ1) is 16.8. The van der Waals surface area contributed by atoms with Gasteiger partial charge in [-0.25, -0.2) is 4.68 Å². The lowest BCUT2D eigenvalue weighted by Gasteiger charge is -2.12. The number of rotatable bonds is 4. The van der Waals surface area contributed by atoms with Crippen molar-refractivity contribution in [1.82, 2.24) is 15.0 Å². The normalized spacial score (nSPS) is 10.7. The largest absolute Gasteiger partial charge is 0.454 e. The van der Waals surface area contributed by atoms with Crippen molar-refractivity contribution >= 4 is 22.6 Å². The van der Waals surface area contributed by atoms with Crippen molar-refractivity contribution in [2.45, 2.75) is 6.92 Å². The van der Waals surface area contributed by atoms with Crippen molar-refractivity contribution < 1.29 is 4.74 Å². The van der Waals surface area contributed by atoms with Crippen LogP contribution in [0.15, 0.2) is 79.0 Å². The van der Waals surface area contributed by atoms with Crippen molar-refractivity contribution in [3.63, 3.8) is 0 Å². The van der Waals surface area contributed by atoms with Gasteiger partial charge in [0.15, 0.2) is 5.75 Å². The molecule has 128 valence electrons. The van der Waals surface area contributed by atoms with Crippen molar-refractivity contribution in [1.29, 1.82) is 0 Å². The van der Waals surface area contributed by atoms with Crippen LogP contribution < -0.4 is 4.74 Å². The van der Waals surface area contributed by atoms with Crippen LogP contribution in [0.1, 0.15) is 5.56 Å². The van der Waals surface area contributed by atoms with E-state index in [0.29, 0.717) is 0 Å². The Labute approximate surface area is 165 Å². The monoisotopic (exact) mass is 453 g/mol. The molecule has 0 saturated carbocycles. The molecule has 0 amide bonds. The average Bonchev–Trinajstić information content (AvgIpc) is 3.14. The molecule has 0 atom stereocenters. The van der Waals surface area contributed by atoms with Crippen LogP contribution in [0.4, 0.5) is 0 Å². The molecule has 3 aromatic carbocycles. The number of hydrogen-bond acceptors (Lipinski definition) is 3. The molecule has 1 heterocycles. The molecule has 0 aliphatic carbocycles. The van der Waals surface area contributed by atoms with E-state index < -0.39 is 0 Å². The minimum absolute atomic E-state index is 0.764. The third kappa shape index (κ3) is 3.48. The number of benzene rings is 3. The van der Waals surface area contributed by atoms with Crippen LogP contribution in [0.3, 0.4) is 0 Å². The molecule has 0 aliphatic rings. The van der Waals surface area contributed by atoms with Gasteiger partial charge in [0.1, 0.15) is 17.1 Å². The molecule has 0 radical (unpaired) electrons. The fourth-order valence-electron chi connectivity index (χ4n) is 2.70. The van der Waals surface area contributed by atoms with Gasteiger partial charge in [0.25, 0.3) is 0 Å². The van der Waals surface area contributed by atoms with Crippen molar-refractivity contribution in [3.8, 4) is 28.4 Å². The number of ether oxygens (including phenoxy) is 1. The zero-order valence-electron chi connectivity index (χ0n) is 14.1. The lowest BCUT2D eigenvalue weighted by Crippen LogP contribution is -2.00. The van der Waals surface area contributed by atoms with E-state index >= 15 is 0 Å². The Bertz CT molecular complexity index is 1040. The van der Waals surface area contributed by atoms with Crippen LogP contribution in [0.5, 0.6) is 11.5 Å². The van der Waals surface area contributed by atoms with E-state index in [0.717, 1.165) is 32.0 Å². The quantitative estimate of drug-likeness (QED) is 0.376. The Kier molecular flexibility index (Phi) is 4.71. The Balaban J connectivity index is 1.74. The molecular weight excluding hydrogens is 437 g/mol. The van der Waals surface area contributed by atoms with E-state index in [-0.39, 0.29) is 0 Å². The number of aryl methyl sites for hydroxylation is 1. The van der Waals surface area contributed by atoms with Gasteiger partial charge in [-0.2, -0.15) is 0 Å². The summed E-state index contributed by atoms with van der Waals surface area (Å²) in [6.07, 6.45) is 1.93. The zero-order valence-corrected chi connectivity index (χ0v) is 16.3. The Morgan fingerprint density at radius 2 is 1.73 bits per heavy atom. The van der Waals surface area contributed by atoms with Crippen LogP contribution in [-0.2, 0) is 0 Å². The predicted octanol–water partition coefficient (Wildman–Crippen LogP) is 5.64. The number of halogens is 1. The molecule has 1 aromatic heterocycles. The van der Waals surface area contributed by atoms with E-state index in [1.165, 1.54) is 5.56 Å². The van der Waals surface area contributed by atoms with Crippen LogP contribution in [0, 0.1) is 10.5 Å². The van der Waals surface area contributed by atoms with E-state index in [1.807, 2.05) is 66.9 Å². The van der Waals surface area contributed by atoms with Gasteiger partial charge in [-0.1, -0.05) is 53.2 Å². The summed E-state index contributed by atoms with van der Waals surface area (Å²) in [6, 6.07) is 24.0. The second-order valence-electron chi connectivity index (χ2n) is 5.92. The molecule has 0 aliphatic heterocycles. The fraction of sp³-hybridized carbons (Fsp3) is 0.0476.